The minimum Gasteiger partial charge on any atom is -0.493 e. The quantitative estimate of drug-likeness (QED) is 0.0545. The number of carbonyl (C=O) groups is 1. The van der Waals surface area contributed by atoms with Crippen molar-refractivity contribution in [1.29, 1.82) is 0 Å². The lowest BCUT2D eigenvalue weighted by molar-refractivity contribution is -0.265. The van der Waals surface area contributed by atoms with E-state index in [9.17, 15) is 14.3 Å². The number of unbranched alkanes of at least 4 members (excludes halogenated alkanes) is 5. The number of para-hydroxylation sites is 1. The number of benzene rings is 3. The highest BCUT2D eigenvalue weighted by atomic mass is 19.1. The molecule has 1 amide bonds. The van der Waals surface area contributed by atoms with E-state index in [0.29, 0.717) is 64.5 Å². The smallest absolute Gasteiger partial charge is 0.233 e. The molecule has 2 saturated heterocycles. The van der Waals surface area contributed by atoms with Crippen LogP contribution < -0.4 is 9.64 Å². The zero-order chi connectivity index (χ0) is 43.4. The fraction of sp³-hybridized carbons (Fsp3) is 0.627. The number of carbonyl (C=O) groups excluding carboxylic acids is 1. The van der Waals surface area contributed by atoms with Gasteiger partial charge in [0.25, 0.3) is 0 Å². The van der Waals surface area contributed by atoms with Crippen molar-refractivity contribution < 1.29 is 42.7 Å². The van der Waals surface area contributed by atoms with Crippen LogP contribution in [-0.4, -0.2) is 81.2 Å². The van der Waals surface area contributed by atoms with Crippen molar-refractivity contribution in [2.75, 3.05) is 44.5 Å². The minimum absolute atomic E-state index is 0.00536. The van der Waals surface area contributed by atoms with Crippen molar-refractivity contribution in [3.63, 3.8) is 0 Å². The van der Waals surface area contributed by atoms with E-state index in [4.69, 9.17) is 28.4 Å². The van der Waals surface area contributed by atoms with Gasteiger partial charge in [-0.15, -0.1) is 0 Å². The average molecular weight is 848 g/mol. The second-order valence-electron chi connectivity index (χ2n) is 16.7. The second kappa shape index (κ2) is 26.3. The maximum Gasteiger partial charge on any atom is 0.233 e. The first-order valence-corrected chi connectivity index (χ1v) is 23.5. The molecule has 8 atom stereocenters. The van der Waals surface area contributed by atoms with Crippen LogP contribution in [0.3, 0.4) is 0 Å². The van der Waals surface area contributed by atoms with Crippen LogP contribution in [0.25, 0.3) is 0 Å². The van der Waals surface area contributed by atoms with E-state index in [-0.39, 0.29) is 54.2 Å². The summed E-state index contributed by atoms with van der Waals surface area (Å²) in [6.07, 6.45) is 8.64. The Kier molecular flexibility index (Phi) is 21.0. The zero-order valence-corrected chi connectivity index (χ0v) is 37.6. The van der Waals surface area contributed by atoms with Crippen molar-refractivity contribution in [2.45, 2.75) is 161 Å². The molecular weight excluding hydrogens is 774 g/mol. The summed E-state index contributed by atoms with van der Waals surface area (Å²) in [6.45, 7) is 14.3. The molecule has 5 rings (SSSR count). The number of β-lactam (4-membered cyclic amide) rings is 1. The fourth-order valence-electron chi connectivity index (χ4n) is 8.30. The number of anilines is 1. The fourth-order valence-corrected chi connectivity index (χ4v) is 8.30. The molecule has 0 aliphatic carbocycles. The van der Waals surface area contributed by atoms with Gasteiger partial charge in [-0.1, -0.05) is 109 Å². The highest BCUT2D eigenvalue weighted by molar-refractivity contribution is 6.03. The number of ether oxygens (including phenoxy) is 6. The molecule has 0 saturated carbocycles. The molecule has 9 nitrogen and oxygen atoms in total. The Labute approximate surface area is 365 Å². The van der Waals surface area contributed by atoms with Gasteiger partial charge in [0.05, 0.1) is 37.4 Å². The minimum atomic E-state index is -0.822. The third-order valence-electron chi connectivity index (χ3n) is 11.9. The van der Waals surface area contributed by atoms with Crippen LogP contribution in [0.2, 0.25) is 0 Å². The van der Waals surface area contributed by atoms with Crippen molar-refractivity contribution in [2.24, 2.45) is 5.92 Å². The molecule has 3 aromatic carbocycles. The normalized spacial score (nSPS) is 23.2. The molecule has 1 N–H and O–H groups in total. The Bertz CT molecular complexity index is 1680. The number of aliphatic hydroxyl groups is 1. The summed E-state index contributed by atoms with van der Waals surface area (Å²) in [5, 5.41) is 11.1. The van der Waals surface area contributed by atoms with E-state index < -0.39 is 6.10 Å². The summed E-state index contributed by atoms with van der Waals surface area (Å²) in [5.41, 5.74) is 3.41. The number of hydrogen-bond acceptors (Lipinski definition) is 8. The van der Waals surface area contributed by atoms with Gasteiger partial charge in [0, 0.05) is 44.1 Å². The first-order chi connectivity index (χ1) is 29.8. The predicted octanol–water partition coefficient (Wildman–Crippen LogP) is 10.9. The zero-order valence-electron chi connectivity index (χ0n) is 37.6. The monoisotopic (exact) mass is 848 g/mol. The van der Waals surface area contributed by atoms with E-state index >= 15 is 0 Å². The van der Waals surface area contributed by atoms with Crippen LogP contribution in [0, 0.1) is 11.7 Å². The third-order valence-corrected chi connectivity index (χ3v) is 11.9. The highest BCUT2D eigenvalue weighted by Gasteiger charge is 2.50. The first kappa shape index (κ1) is 48.6. The first-order valence-electron chi connectivity index (χ1n) is 23.5. The molecule has 2 aliphatic rings. The average Bonchev–Trinajstić information content (AvgIpc) is 3.27. The topological polar surface area (TPSA) is 95.9 Å². The third kappa shape index (κ3) is 13.8. The Morgan fingerprint density at radius 2 is 1.30 bits per heavy atom. The molecule has 3 aromatic rings. The largest absolute Gasteiger partial charge is 0.493 e. The molecule has 61 heavy (non-hydrogen) atoms. The van der Waals surface area contributed by atoms with Crippen molar-refractivity contribution in [3.8, 4) is 5.75 Å². The van der Waals surface area contributed by atoms with Gasteiger partial charge in [0.1, 0.15) is 36.0 Å². The molecule has 2 heterocycles. The Morgan fingerprint density at radius 3 is 1.93 bits per heavy atom. The summed E-state index contributed by atoms with van der Waals surface area (Å²) in [6, 6.07) is 21.7. The van der Waals surface area contributed by atoms with Crippen LogP contribution in [0.4, 0.5) is 10.1 Å². The second-order valence-corrected chi connectivity index (χ2v) is 16.7. The molecule has 0 radical (unpaired) electrons. The van der Waals surface area contributed by atoms with E-state index in [2.05, 4.69) is 52.8 Å². The number of amides is 1. The molecule has 2 unspecified atom stereocenters. The summed E-state index contributed by atoms with van der Waals surface area (Å²) in [4.78, 5) is 15.9. The number of aliphatic hydroxyl groups excluding tert-OH is 1. The number of rotatable bonds is 29. The molecule has 0 aromatic heterocycles. The summed E-state index contributed by atoms with van der Waals surface area (Å²) >= 11 is 0. The Balaban J connectivity index is 1.48. The number of halogens is 1. The van der Waals surface area contributed by atoms with E-state index in [1.165, 1.54) is 12.1 Å². The van der Waals surface area contributed by atoms with Gasteiger partial charge in [-0.2, -0.15) is 0 Å². The van der Waals surface area contributed by atoms with Crippen LogP contribution in [0.1, 0.15) is 141 Å². The van der Waals surface area contributed by atoms with E-state index in [0.717, 1.165) is 86.8 Å². The molecule has 338 valence electrons. The lowest BCUT2D eigenvalue weighted by Gasteiger charge is -2.48. The van der Waals surface area contributed by atoms with Gasteiger partial charge >= 0.3 is 0 Å². The van der Waals surface area contributed by atoms with Gasteiger partial charge in [0.2, 0.25) is 5.91 Å². The molecule has 2 aliphatic heterocycles. The lowest BCUT2D eigenvalue weighted by atomic mass is 9.77. The number of hydrogen-bond donors (Lipinski definition) is 1. The number of nitrogens with zero attached hydrogens (tertiary/aromatic N) is 1. The maximum absolute atomic E-state index is 14.1. The molecule has 2 fully saturated rings. The molecule has 0 bridgehead atoms. The highest BCUT2D eigenvalue weighted by Crippen LogP contribution is 2.49. The van der Waals surface area contributed by atoms with Gasteiger partial charge in [-0.05, 0) is 86.4 Å². The summed E-state index contributed by atoms with van der Waals surface area (Å²) in [7, 11) is 0. The van der Waals surface area contributed by atoms with Crippen LogP contribution in [-0.2, 0) is 34.9 Å². The van der Waals surface area contributed by atoms with Crippen LogP contribution >= 0.6 is 0 Å². The molecule has 0 spiro atoms. The summed E-state index contributed by atoms with van der Waals surface area (Å²) in [5.74, 6) is 0.00985. The maximum atomic E-state index is 14.1. The van der Waals surface area contributed by atoms with Crippen molar-refractivity contribution >= 4 is 11.6 Å². The van der Waals surface area contributed by atoms with E-state index in [1.807, 2.05) is 35.2 Å². The van der Waals surface area contributed by atoms with Gasteiger partial charge < -0.3 is 38.4 Å². The van der Waals surface area contributed by atoms with Crippen molar-refractivity contribution in [3.05, 3.63) is 95.3 Å². The van der Waals surface area contributed by atoms with Crippen molar-refractivity contribution in [1.82, 2.24) is 0 Å². The van der Waals surface area contributed by atoms with Crippen LogP contribution in [0.5, 0.6) is 5.75 Å². The van der Waals surface area contributed by atoms with E-state index in [1.54, 1.807) is 12.1 Å². The predicted molar refractivity (Wildman–Crippen MR) is 240 cm³/mol. The standard InChI is InChI=1S/C51H74FNO8/c1-6-11-29-56-36-46-49(59-32-14-9-4)50(60-33-15-10-5)48(58-31-13-8-3)45(61-46)35-37-21-26-41(44(34-37)57-30-12-7-2)47-42(51(55)53(47)40-19-17-16-18-20-40)27-28-43(54)38-22-24-39(52)25-23-38/h16-26,34,42-43,45-50,54H,6-15,27-33,35-36H2,1-5H3/t42-,43+,45+,46?,47-,48-,49-,50?/m1/s1. The SMILES string of the molecule is CCCCOCC1O[C@@H](Cc2ccc([C@@H]3[C@@H](CC[C@H](O)c4ccc(F)cc4)C(=O)N3c3ccccc3)c(OCCCC)c2)[C@@H](OCCCC)C(OCCCC)[C@@H]1OCCCC. The molecule has 10 heteroatoms. The molecular formula is C51H74FNO8. The summed E-state index contributed by atoms with van der Waals surface area (Å²) < 4.78 is 53.8. The van der Waals surface area contributed by atoms with Gasteiger partial charge in [0.15, 0.2) is 0 Å². The van der Waals surface area contributed by atoms with Gasteiger partial charge in [-0.3, -0.25) is 4.79 Å². The lowest BCUT2D eigenvalue weighted by Crippen LogP contribution is -2.62. The Hall–Kier alpha value is -3.38. The Morgan fingerprint density at radius 1 is 0.705 bits per heavy atom. The van der Waals surface area contributed by atoms with Gasteiger partial charge in [-0.25, -0.2) is 4.39 Å². The van der Waals surface area contributed by atoms with Crippen LogP contribution in [0.15, 0.2) is 72.8 Å².